The van der Waals surface area contributed by atoms with Crippen molar-refractivity contribution in [2.24, 2.45) is 0 Å². The number of aryl methyl sites for hydroxylation is 1. The minimum absolute atomic E-state index is 0.329. The molecule has 0 saturated heterocycles. The first-order valence-corrected chi connectivity index (χ1v) is 7.58. The lowest BCUT2D eigenvalue weighted by atomic mass is 9.88. The maximum absolute atomic E-state index is 11.8. The molecule has 1 N–H and O–H groups in total. The van der Waals surface area contributed by atoms with Gasteiger partial charge in [0, 0.05) is 6.07 Å². The fourth-order valence-electron chi connectivity index (χ4n) is 2.74. The summed E-state index contributed by atoms with van der Waals surface area (Å²) in [5.74, 6) is 0.455. The van der Waals surface area contributed by atoms with Crippen LogP contribution < -0.4 is 14.2 Å². The van der Waals surface area contributed by atoms with Crippen molar-refractivity contribution in [3.8, 4) is 17.2 Å². The minimum atomic E-state index is -0.874. The van der Waals surface area contributed by atoms with E-state index < -0.39 is 11.9 Å². The van der Waals surface area contributed by atoms with Crippen LogP contribution in [0.4, 0.5) is 0 Å². The van der Waals surface area contributed by atoms with Crippen LogP contribution in [-0.2, 0) is 11.2 Å². The fraction of sp³-hybridized carbons (Fsp3) is 0.316. The summed E-state index contributed by atoms with van der Waals surface area (Å²) in [6.45, 7) is 1.89. The van der Waals surface area contributed by atoms with Gasteiger partial charge < -0.3 is 19.3 Å². The van der Waals surface area contributed by atoms with Crippen LogP contribution in [0.15, 0.2) is 36.4 Å². The first-order valence-electron chi connectivity index (χ1n) is 7.58. The summed E-state index contributed by atoms with van der Waals surface area (Å²) in [4.78, 5) is 11.8. The Labute approximate surface area is 141 Å². The molecule has 0 saturated carbocycles. The van der Waals surface area contributed by atoms with E-state index in [-0.39, 0.29) is 0 Å². The van der Waals surface area contributed by atoms with E-state index in [2.05, 4.69) is 0 Å². The lowest BCUT2D eigenvalue weighted by molar-refractivity contribution is -0.138. The van der Waals surface area contributed by atoms with Crippen molar-refractivity contribution in [1.82, 2.24) is 0 Å². The number of carboxylic acids is 1. The van der Waals surface area contributed by atoms with Crippen molar-refractivity contribution >= 4 is 5.97 Å². The van der Waals surface area contributed by atoms with Gasteiger partial charge in [-0.15, -0.1) is 0 Å². The Bertz CT molecular complexity index is 724. The van der Waals surface area contributed by atoms with Gasteiger partial charge in [0.2, 0.25) is 0 Å². The average molecular weight is 330 g/mol. The van der Waals surface area contributed by atoms with Gasteiger partial charge in [-0.05, 0) is 48.2 Å². The number of carbonyl (C=O) groups is 1. The molecule has 5 heteroatoms. The Morgan fingerprint density at radius 3 is 2.17 bits per heavy atom. The van der Waals surface area contributed by atoms with Crippen molar-refractivity contribution in [1.29, 1.82) is 0 Å². The molecule has 0 amide bonds. The van der Waals surface area contributed by atoms with E-state index in [9.17, 15) is 9.90 Å². The van der Waals surface area contributed by atoms with E-state index >= 15 is 0 Å². The number of methoxy groups -OCH3 is 3. The van der Waals surface area contributed by atoms with Crippen LogP contribution in [0.2, 0.25) is 0 Å². The number of benzene rings is 2. The first-order chi connectivity index (χ1) is 11.5. The number of carboxylic acid groups (broad SMARTS) is 1. The zero-order chi connectivity index (χ0) is 17.7. The Morgan fingerprint density at radius 1 is 1.00 bits per heavy atom. The molecular weight excluding hydrogens is 308 g/mol. The standard InChI is InChI=1S/C19H22O5/c1-12-9-14(22-2)7-8-16(12)17(19(20)21)10-13-5-6-15(23-3)11-18(13)24-4/h5-9,11,17H,10H2,1-4H3,(H,20,21). The highest BCUT2D eigenvalue weighted by atomic mass is 16.5. The predicted octanol–water partition coefficient (Wildman–Crippen LogP) is 3.43. The molecule has 5 nitrogen and oxygen atoms in total. The number of hydrogen-bond donors (Lipinski definition) is 1. The molecule has 0 aliphatic rings. The van der Waals surface area contributed by atoms with Gasteiger partial charge in [-0.2, -0.15) is 0 Å². The summed E-state index contributed by atoms with van der Waals surface area (Å²) < 4.78 is 15.8. The van der Waals surface area contributed by atoms with Crippen LogP contribution in [0.5, 0.6) is 17.2 Å². The molecule has 0 aliphatic heterocycles. The lowest BCUT2D eigenvalue weighted by Gasteiger charge is -2.18. The van der Waals surface area contributed by atoms with Crippen LogP contribution in [0.25, 0.3) is 0 Å². The van der Waals surface area contributed by atoms with E-state index in [1.54, 1.807) is 39.5 Å². The lowest BCUT2D eigenvalue weighted by Crippen LogP contribution is -2.16. The number of rotatable bonds is 7. The highest BCUT2D eigenvalue weighted by Gasteiger charge is 2.24. The molecule has 0 fully saturated rings. The third-order valence-electron chi connectivity index (χ3n) is 4.07. The fourth-order valence-corrected chi connectivity index (χ4v) is 2.74. The number of aliphatic carboxylic acids is 1. The summed E-state index contributed by atoms with van der Waals surface area (Å²) in [5.41, 5.74) is 2.47. The van der Waals surface area contributed by atoms with E-state index in [1.807, 2.05) is 25.1 Å². The Morgan fingerprint density at radius 2 is 1.62 bits per heavy atom. The highest BCUT2D eigenvalue weighted by molar-refractivity contribution is 5.77. The van der Waals surface area contributed by atoms with Gasteiger partial charge in [-0.3, -0.25) is 4.79 Å². The second-order valence-electron chi connectivity index (χ2n) is 5.50. The van der Waals surface area contributed by atoms with Crippen LogP contribution in [0, 0.1) is 6.92 Å². The minimum Gasteiger partial charge on any atom is -0.497 e. The van der Waals surface area contributed by atoms with E-state index in [1.165, 1.54) is 0 Å². The quantitative estimate of drug-likeness (QED) is 0.842. The second-order valence-corrected chi connectivity index (χ2v) is 5.50. The normalized spacial score (nSPS) is 11.7. The van der Waals surface area contributed by atoms with Crippen LogP contribution in [-0.4, -0.2) is 32.4 Å². The van der Waals surface area contributed by atoms with Crippen molar-refractivity contribution < 1.29 is 24.1 Å². The van der Waals surface area contributed by atoms with Crippen LogP contribution in [0.1, 0.15) is 22.6 Å². The molecule has 2 rings (SSSR count). The Balaban J connectivity index is 2.38. The van der Waals surface area contributed by atoms with Gasteiger partial charge in [0.05, 0.1) is 27.2 Å². The Kier molecular flexibility index (Phi) is 5.68. The highest BCUT2D eigenvalue weighted by Crippen LogP contribution is 2.32. The zero-order valence-electron chi connectivity index (χ0n) is 14.3. The molecule has 0 radical (unpaired) electrons. The monoisotopic (exact) mass is 330 g/mol. The van der Waals surface area contributed by atoms with E-state index in [0.29, 0.717) is 23.7 Å². The third kappa shape index (κ3) is 3.79. The van der Waals surface area contributed by atoms with Crippen molar-refractivity contribution in [2.45, 2.75) is 19.3 Å². The molecule has 2 aromatic carbocycles. The van der Waals surface area contributed by atoms with Gasteiger partial charge in [-0.25, -0.2) is 0 Å². The molecule has 0 heterocycles. The topological polar surface area (TPSA) is 65.0 Å². The molecule has 0 aliphatic carbocycles. The summed E-state index contributed by atoms with van der Waals surface area (Å²) >= 11 is 0. The number of ether oxygens (including phenoxy) is 3. The molecule has 1 atom stereocenters. The van der Waals surface area contributed by atoms with Gasteiger partial charge >= 0.3 is 5.97 Å². The molecule has 0 spiro atoms. The molecule has 1 unspecified atom stereocenters. The Hall–Kier alpha value is -2.69. The van der Waals surface area contributed by atoms with Crippen LogP contribution >= 0.6 is 0 Å². The smallest absolute Gasteiger partial charge is 0.311 e. The number of hydrogen-bond acceptors (Lipinski definition) is 4. The van der Waals surface area contributed by atoms with Gasteiger partial charge in [-0.1, -0.05) is 12.1 Å². The van der Waals surface area contributed by atoms with Crippen molar-refractivity contribution in [3.05, 3.63) is 53.1 Å². The van der Waals surface area contributed by atoms with E-state index in [4.69, 9.17) is 14.2 Å². The first kappa shape index (κ1) is 17.7. The summed E-state index contributed by atoms with van der Waals surface area (Å²) in [6.07, 6.45) is 0.329. The molecule has 128 valence electrons. The molecule has 2 aromatic rings. The molecule has 0 bridgehead atoms. The average Bonchev–Trinajstić information content (AvgIpc) is 2.59. The SMILES string of the molecule is COc1ccc(C(Cc2ccc(OC)cc2OC)C(=O)O)c(C)c1. The molecule has 24 heavy (non-hydrogen) atoms. The maximum Gasteiger partial charge on any atom is 0.311 e. The largest absolute Gasteiger partial charge is 0.497 e. The van der Waals surface area contributed by atoms with Gasteiger partial charge in [0.25, 0.3) is 0 Å². The second kappa shape index (κ2) is 7.73. The van der Waals surface area contributed by atoms with Crippen molar-refractivity contribution in [3.63, 3.8) is 0 Å². The molecular formula is C19H22O5. The summed E-state index contributed by atoms with van der Waals surface area (Å²) in [5, 5.41) is 9.71. The van der Waals surface area contributed by atoms with Crippen molar-refractivity contribution in [2.75, 3.05) is 21.3 Å². The zero-order valence-corrected chi connectivity index (χ0v) is 14.3. The predicted molar refractivity (Wildman–Crippen MR) is 91.4 cm³/mol. The molecule has 0 aromatic heterocycles. The summed E-state index contributed by atoms with van der Waals surface area (Å²) in [7, 11) is 4.73. The maximum atomic E-state index is 11.8. The van der Waals surface area contributed by atoms with Crippen LogP contribution in [0.3, 0.4) is 0 Å². The summed E-state index contributed by atoms with van der Waals surface area (Å²) in [6, 6.07) is 10.8. The van der Waals surface area contributed by atoms with Gasteiger partial charge in [0.15, 0.2) is 0 Å². The van der Waals surface area contributed by atoms with E-state index in [0.717, 1.165) is 16.7 Å². The third-order valence-corrected chi connectivity index (χ3v) is 4.07. The van der Waals surface area contributed by atoms with Gasteiger partial charge in [0.1, 0.15) is 17.2 Å².